The quantitative estimate of drug-likeness (QED) is 0.503. The summed E-state index contributed by atoms with van der Waals surface area (Å²) in [6.07, 6.45) is 0.556. The van der Waals surface area contributed by atoms with Gasteiger partial charge in [0.1, 0.15) is 6.10 Å². The highest BCUT2D eigenvalue weighted by molar-refractivity contribution is 5.72. The maximum absolute atomic E-state index is 10.6. The first-order chi connectivity index (χ1) is 4.24. The fraction of sp³-hybridized carbons (Fsp3) is 0.833. The van der Waals surface area contributed by atoms with E-state index < -0.39 is 0 Å². The summed E-state index contributed by atoms with van der Waals surface area (Å²) in [5, 5.41) is 3.00. The molecule has 0 saturated carbocycles. The molecular formula is C6H11NO2. The Balaban J connectivity index is 2.47. The molecule has 1 fully saturated rings. The number of carbonyl (C=O) groups is 1. The predicted octanol–water partition coefficient (Wildman–Crippen LogP) is -0.0902. The van der Waals surface area contributed by atoms with E-state index in [0.717, 1.165) is 0 Å². The Kier molecular flexibility index (Phi) is 1.71. The first kappa shape index (κ1) is 6.55. The van der Waals surface area contributed by atoms with Crippen molar-refractivity contribution < 1.29 is 9.53 Å². The van der Waals surface area contributed by atoms with Crippen LogP contribution < -0.4 is 5.32 Å². The highest BCUT2D eigenvalue weighted by atomic mass is 16.5. The lowest BCUT2D eigenvalue weighted by atomic mass is 10.2. The van der Waals surface area contributed by atoms with Crippen molar-refractivity contribution in [3.8, 4) is 0 Å². The van der Waals surface area contributed by atoms with Crippen molar-refractivity contribution in [2.24, 2.45) is 0 Å². The molecule has 0 bridgehead atoms. The summed E-state index contributed by atoms with van der Waals surface area (Å²) >= 11 is 0. The molecule has 0 aromatic carbocycles. The molecule has 1 N–H and O–H groups in total. The molecule has 2 unspecified atom stereocenters. The Morgan fingerprint density at radius 1 is 1.78 bits per heavy atom. The van der Waals surface area contributed by atoms with Gasteiger partial charge in [0.05, 0.1) is 12.5 Å². The molecule has 1 saturated heterocycles. The van der Waals surface area contributed by atoms with Crippen LogP contribution in [0.5, 0.6) is 0 Å². The molecule has 1 rings (SSSR count). The van der Waals surface area contributed by atoms with Crippen LogP contribution in [0.15, 0.2) is 0 Å². The number of ether oxygens (including phenoxy) is 1. The monoisotopic (exact) mass is 129 g/mol. The van der Waals surface area contributed by atoms with Gasteiger partial charge in [0.15, 0.2) is 0 Å². The first-order valence-electron chi connectivity index (χ1n) is 3.11. The van der Waals surface area contributed by atoms with Gasteiger partial charge in [-0.15, -0.1) is 0 Å². The Bertz CT molecular complexity index is 124. The van der Waals surface area contributed by atoms with E-state index in [0.29, 0.717) is 6.42 Å². The molecule has 0 spiro atoms. The standard InChI is InChI=1S/C6H11NO2/c1-4-5(7-2)3-6(8)9-4/h4-5,7H,3H2,1-2H3. The molecule has 9 heavy (non-hydrogen) atoms. The summed E-state index contributed by atoms with van der Waals surface area (Å²) in [6.45, 7) is 1.89. The molecule has 2 atom stereocenters. The first-order valence-corrected chi connectivity index (χ1v) is 3.11. The minimum absolute atomic E-state index is 0.0440. The molecular weight excluding hydrogens is 118 g/mol. The summed E-state index contributed by atoms with van der Waals surface area (Å²) < 4.78 is 4.86. The number of cyclic esters (lactones) is 1. The van der Waals surface area contributed by atoms with Crippen LogP contribution in [0.4, 0.5) is 0 Å². The smallest absolute Gasteiger partial charge is 0.307 e. The summed E-state index contributed by atoms with van der Waals surface area (Å²) in [5.41, 5.74) is 0. The van der Waals surface area contributed by atoms with Gasteiger partial charge in [-0.1, -0.05) is 0 Å². The van der Waals surface area contributed by atoms with Crippen molar-refractivity contribution in [1.82, 2.24) is 5.32 Å². The van der Waals surface area contributed by atoms with Crippen molar-refractivity contribution in [2.75, 3.05) is 7.05 Å². The zero-order chi connectivity index (χ0) is 6.85. The van der Waals surface area contributed by atoms with Gasteiger partial charge in [-0.3, -0.25) is 4.79 Å². The van der Waals surface area contributed by atoms with Gasteiger partial charge < -0.3 is 10.1 Å². The third kappa shape index (κ3) is 1.21. The number of esters is 1. The maximum atomic E-state index is 10.6. The van der Waals surface area contributed by atoms with Crippen LogP contribution >= 0.6 is 0 Å². The zero-order valence-electron chi connectivity index (χ0n) is 5.68. The third-order valence-electron chi connectivity index (χ3n) is 1.64. The predicted molar refractivity (Wildman–Crippen MR) is 33.0 cm³/mol. The summed E-state index contributed by atoms with van der Waals surface area (Å²) in [7, 11) is 1.84. The van der Waals surface area contributed by atoms with E-state index in [1.165, 1.54) is 0 Å². The largest absolute Gasteiger partial charge is 0.461 e. The number of hydrogen-bond acceptors (Lipinski definition) is 3. The van der Waals surface area contributed by atoms with Gasteiger partial charge in [0.25, 0.3) is 0 Å². The van der Waals surface area contributed by atoms with E-state index in [2.05, 4.69) is 5.32 Å². The van der Waals surface area contributed by atoms with E-state index in [1.807, 2.05) is 14.0 Å². The molecule has 0 amide bonds. The van der Waals surface area contributed by atoms with Crippen LogP contribution in [0.25, 0.3) is 0 Å². The van der Waals surface area contributed by atoms with E-state index in [-0.39, 0.29) is 18.1 Å². The van der Waals surface area contributed by atoms with Gasteiger partial charge >= 0.3 is 5.97 Å². The fourth-order valence-corrected chi connectivity index (χ4v) is 1.02. The van der Waals surface area contributed by atoms with Crippen molar-refractivity contribution in [1.29, 1.82) is 0 Å². The molecule has 0 aromatic rings. The molecule has 1 aliphatic heterocycles. The van der Waals surface area contributed by atoms with E-state index >= 15 is 0 Å². The highest BCUT2D eigenvalue weighted by Gasteiger charge is 2.29. The molecule has 0 aliphatic carbocycles. The van der Waals surface area contributed by atoms with Gasteiger partial charge in [-0.25, -0.2) is 0 Å². The number of likely N-dealkylation sites (N-methyl/N-ethyl adjacent to an activating group) is 1. The lowest BCUT2D eigenvalue weighted by Crippen LogP contribution is -2.31. The van der Waals surface area contributed by atoms with Crippen LogP contribution in [0.3, 0.4) is 0 Å². The Labute approximate surface area is 54.4 Å². The second kappa shape index (κ2) is 2.35. The minimum atomic E-state index is -0.0955. The van der Waals surface area contributed by atoms with Gasteiger partial charge in [0.2, 0.25) is 0 Å². The van der Waals surface area contributed by atoms with Gasteiger partial charge in [-0.05, 0) is 14.0 Å². The molecule has 3 heteroatoms. The molecule has 1 aliphatic rings. The second-order valence-electron chi connectivity index (χ2n) is 2.29. The maximum Gasteiger partial charge on any atom is 0.307 e. The third-order valence-corrected chi connectivity index (χ3v) is 1.64. The van der Waals surface area contributed by atoms with Crippen molar-refractivity contribution in [2.45, 2.75) is 25.5 Å². The van der Waals surface area contributed by atoms with E-state index in [1.54, 1.807) is 0 Å². The Morgan fingerprint density at radius 3 is 2.67 bits per heavy atom. The van der Waals surface area contributed by atoms with Crippen LogP contribution in [-0.4, -0.2) is 25.2 Å². The number of nitrogens with one attached hydrogen (secondary N) is 1. The normalized spacial score (nSPS) is 34.7. The minimum Gasteiger partial charge on any atom is -0.461 e. The Morgan fingerprint density at radius 2 is 2.44 bits per heavy atom. The van der Waals surface area contributed by atoms with Crippen LogP contribution in [0.2, 0.25) is 0 Å². The number of carbonyl (C=O) groups excluding carboxylic acids is 1. The molecule has 52 valence electrons. The highest BCUT2D eigenvalue weighted by Crippen LogP contribution is 2.12. The average Bonchev–Trinajstić information content (AvgIpc) is 2.10. The number of rotatable bonds is 1. The van der Waals surface area contributed by atoms with Crippen LogP contribution in [0, 0.1) is 0 Å². The van der Waals surface area contributed by atoms with E-state index in [9.17, 15) is 4.79 Å². The molecule has 1 heterocycles. The zero-order valence-corrected chi connectivity index (χ0v) is 5.68. The van der Waals surface area contributed by atoms with Crippen molar-refractivity contribution in [3.05, 3.63) is 0 Å². The molecule has 0 aromatic heterocycles. The lowest BCUT2D eigenvalue weighted by Gasteiger charge is -2.09. The van der Waals surface area contributed by atoms with E-state index in [4.69, 9.17) is 4.74 Å². The lowest BCUT2D eigenvalue weighted by molar-refractivity contribution is -0.140. The number of hydrogen-bond donors (Lipinski definition) is 1. The van der Waals surface area contributed by atoms with Crippen molar-refractivity contribution in [3.63, 3.8) is 0 Å². The second-order valence-corrected chi connectivity index (χ2v) is 2.29. The Hall–Kier alpha value is -0.570. The SMILES string of the molecule is CNC1CC(=O)OC1C. The fourth-order valence-electron chi connectivity index (χ4n) is 1.02. The topological polar surface area (TPSA) is 38.3 Å². The molecule has 0 radical (unpaired) electrons. The van der Waals surface area contributed by atoms with Gasteiger partial charge in [0, 0.05) is 0 Å². The summed E-state index contributed by atoms with van der Waals surface area (Å²) in [5.74, 6) is -0.0955. The average molecular weight is 129 g/mol. The van der Waals surface area contributed by atoms with Crippen LogP contribution in [-0.2, 0) is 9.53 Å². The summed E-state index contributed by atoms with van der Waals surface area (Å²) in [6, 6.07) is 0.220. The van der Waals surface area contributed by atoms with Gasteiger partial charge in [-0.2, -0.15) is 0 Å². The van der Waals surface area contributed by atoms with Crippen LogP contribution in [0.1, 0.15) is 13.3 Å². The molecule has 3 nitrogen and oxygen atoms in total. The summed E-state index contributed by atoms with van der Waals surface area (Å²) in [4.78, 5) is 10.6. The van der Waals surface area contributed by atoms with Crippen molar-refractivity contribution >= 4 is 5.97 Å².